The van der Waals surface area contributed by atoms with Crippen LogP contribution in [0.5, 0.6) is 0 Å². The molecule has 0 saturated heterocycles. The fraction of sp³-hybridized carbons (Fsp3) is 0.765. The lowest BCUT2D eigenvalue weighted by Gasteiger charge is -2.18. The minimum absolute atomic E-state index is 0.222. The third-order valence-corrected chi connectivity index (χ3v) is 4.49. The van der Waals surface area contributed by atoms with Crippen LogP contribution >= 0.6 is 0 Å². The average Bonchev–Trinajstić information content (AvgIpc) is 2.77. The zero-order valence-corrected chi connectivity index (χ0v) is 11.9. The topological polar surface area (TPSA) is 20.2 Å². The molecule has 1 unspecified atom stereocenters. The molecule has 1 nitrogen and oxygen atoms in total. The molecule has 0 bridgehead atoms. The van der Waals surface area contributed by atoms with Gasteiger partial charge in [0.05, 0.1) is 6.10 Å². The lowest BCUT2D eigenvalue weighted by Crippen LogP contribution is -2.09. The Kier molecular flexibility index (Phi) is 5.49. The van der Waals surface area contributed by atoms with Crippen molar-refractivity contribution in [2.45, 2.75) is 83.7 Å². The molecule has 2 aliphatic carbocycles. The van der Waals surface area contributed by atoms with E-state index >= 15 is 0 Å². The van der Waals surface area contributed by atoms with Crippen molar-refractivity contribution < 1.29 is 5.11 Å². The largest absolute Gasteiger partial charge is 0.384 e. The maximum absolute atomic E-state index is 10.4. The standard InChI is InChI=1S/C17H28O/c1-2-3-4-6-11-15-12-13-16(17(15)18)14-9-7-5-8-10-14/h11,17-18H,2-10,12-13H2,1H3. The molecule has 1 atom stereocenters. The van der Waals surface area contributed by atoms with Gasteiger partial charge in [0, 0.05) is 0 Å². The van der Waals surface area contributed by atoms with E-state index < -0.39 is 0 Å². The van der Waals surface area contributed by atoms with Gasteiger partial charge in [-0.3, -0.25) is 0 Å². The molecule has 0 spiro atoms. The summed E-state index contributed by atoms with van der Waals surface area (Å²) in [6.07, 6.45) is 15.9. The highest BCUT2D eigenvalue weighted by Crippen LogP contribution is 2.37. The van der Waals surface area contributed by atoms with Crippen molar-refractivity contribution in [3.05, 3.63) is 22.8 Å². The monoisotopic (exact) mass is 248 g/mol. The maximum Gasteiger partial charge on any atom is 0.0963 e. The van der Waals surface area contributed by atoms with Crippen molar-refractivity contribution in [3.8, 4) is 0 Å². The number of unbranched alkanes of at least 4 members (excludes halogenated alkanes) is 3. The summed E-state index contributed by atoms with van der Waals surface area (Å²) in [5.41, 5.74) is 4.28. The van der Waals surface area contributed by atoms with E-state index in [0.717, 1.165) is 19.3 Å². The summed E-state index contributed by atoms with van der Waals surface area (Å²) in [5, 5.41) is 10.4. The van der Waals surface area contributed by atoms with E-state index in [-0.39, 0.29) is 6.10 Å². The first kappa shape index (κ1) is 13.9. The first-order valence-electron chi connectivity index (χ1n) is 7.90. The molecule has 0 aliphatic heterocycles. The molecule has 2 fully saturated rings. The molecule has 2 saturated carbocycles. The van der Waals surface area contributed by atoms with Gasteiger partial charge in [-0.2, -0.15) is 0 Å². The molecular weight excluding hydrogens is 220 g/mol. The van der Waals surface area contributed by atoms with E-state index in [1.807, 2.05) is 0 Å². The first-order chi connectivity index (χ1) is 8.83. The number of rotatable bonds is 4. The van der Waals surface area contributed by atoms with Gasteiger partial charge in [-0.15, -0.1) is 0 Å². The lowest BCUT2D eigenvalue weighted by molar-refractivity contribution is 0.252. The molecular formula is C17H28O. The summed E-state index contributed by atoms with van der Waals surface area (Å²) in [6.45, 7) is 2.24. The Balaban J connectivity index is 1.93. The molecule has 0 aromatic rings. The highest BCUT2D eigenvalue weighted by Gasteiger charge is 2.26. The minimum Gasteiger partial charge on any atom is -0.384 e. The van der Waals surface area contributed by atoms with Gasteiger partial charge >= 0.3 is 0 Å². The van der Waals surface area contributed by atoms with E-state index in [1.54, 1.807) is 5.57 Å². The summed E-state index contributed by atoms with van der Waals surface area (Å²) in [6, 6.07) is 0. The van der Waals surface area contributed by atoms with Crippen molar-refractivity contribution in [2.24, 2.45) is 0 Å². The Morgan fingerprint density at radius 3 is 2.56 bits per heavy atom. The number of aliphatic hydroxyl groups excluding tert-OH is 1. The fourth-order valence-electron chi connectivity index (χ4n) is 3.34. The van der Waals surface area contributed by atoms with Crippen LogP contribution in [0.2, 0.25) is 0 Å². The van der Waals surface area contributed by atoms with Gasteiger partial charge in [0.1, 0.15) is 0 Å². The van der Waals surface area contributed by atoms with Crippen molar-refractivity contribution in [3.63, 3.8) is 0 Å². The van der Waals surface area contributed by atoms with Gasteiger partial charge in [0.15, 0.2) is 0 Å². The van der Waals surface area contributed by atoms with Crippen LogP contribution < -0.4 is 0 Å². The number of aliphatic hydroxyl groups is 1. The van der Waals surface area contributed by atoms with Gasteiger partial charge in [0.2, 0.25) is 0 Å². The van der Waals surface area contributed by atoms with Gasteiger partial charge < -0.3 is 5.11 Å². The van der Waals surface area contributed by atoms with Crippen LogP contribution in [0.15, 0.2) is 22.8 Å². The molecule has 1 N–H and O–H groups in total. The maximum atomic E-state index is 10.4. The quantitative estimate of drug-likeness (QED) is 0.553. The number of hydrogen-bond donors (Lipinski definition) is 1. The Hall–Kier alpha value is -0.560. The summed E-state index contributed by atoms with van der Waals surface area (Å²) in [5.74, 6) is 0. The van der Waals surface area contributed by atoms with Crippen LogP contribution in [0.4, 0.5) is 0 Å². The predicted molar refractivity (Wildman–Crippen MR) is 77.6 cm³/mol. The van der Waals surface area contributed by atoms with Gasteiger partial charge in [-0.1, -0.05) is 37.8 Å². The Bertz CT molecular complexity index is 317. The highest BCUT2D eigenvalue weighted by molar-refractivity contribution is 5.34. The third-order valence-electron chi connectivity index (χ3n) is 4.49. The summed E-state index contributed by atoms with van der Waals surface area (Å²) in [4.78, 5) is 0. The molecule has 0 amide bonds. The second kappa shape index (κ2) is 7.13. The zero-order valence-electron chi connectivity index (χ0n) is 11.9. The van der Waals surface area contributed by atoms with Crippen LogP contribution in [0.3, 0.4) is 0 Å². The number of hydrogen-bond acceptors (Lipinski definition) is 1. The molecule has 0 radical (unpaired) electrons. The molecule has 0 aromatic heterocycles. The first-order valence-corrected chi connectivity index (χ1v) is 7.90. The zero-order chi connectivity index (χ0) is 12.8. The van der Waals surface area contributed by atoms with Gasteiger partial charge in [-0.05, 0) is 62.5 Å². The van der Waals surface area contributed by atoms with Gasteiger partial charge in [-0.25, -0.2) is 0 Å². The summed E-state index contributed by atoms with van der Waals surface area (Å²) >= 11 is 0. The number of allylic oxidation sites excluding steroid dienone is 2. The summed E-state index contributed by atoms with van der Waals surface area (Å²) < 4.78 is 0. The lowest BCUT2D eigenvalue weighted by atomic mass is 9.89. The molecule has 0 aromatic carbocycles. The third kappa shape index (κ3) is 3.47. The minimum atomic E-state index is -0.222. The second-order valence-electron chi connectivity index (χ2n) is 5.87. The van der Waals surface area contributed by atoms with E-state index in [2.05, 4.69) is 13.0 Å². The van der Waals surface area contributed by atoms with Crippen LogP contribution in [0, 0.1) is 0 Å². The van der Waals surface area contributed by atoms with Crippen molar-refractivity contribution in [2.75, 3.05) is 0 Å². The average molecular weight is 248 g/mol. The molecule has 2 aliphatic rings. The van der Waals surface area contributed by atoms with Crippen LogP contribution in [0.1, 0.15) is 77.6 Å². The Morgan fingerprint density at radius 2 is 1.83 bits per heavy atom. The van der Waals surface area contributed by atoms with Crippen molar-refractivity contribution >= 4 is 0 Å². The Morgan fingerprint density at radius 1 is 1.06 bits per heavy atom. The van der Waals surface area contributed by atoms with Crippen LogP contribution in [-0.2, 0) is 0 Å². The Labute approximate surface area is 112 Å². The molecule has 1 heteroatoms. The molecule has 18 heavy (non-hydrogen) atoms. The van der Waals surface area contributed by atoms with Crippen molar-refractivity contribution in [1.29, 1.82) is 0 Å². The van der Waals surface area contributed by atoms with E-state index in [9.17, 15) is 5.11 Å². The van der Waals surface area contributed by atoms with Crippen LogP contribution in [-0.4, -0.2) is 11.2 Å². The van der Waals surface area contributed by atoms with E-state index in [0.29, 0.717) is 0 Å². The molecule has 0 heterocycles. The highest BCUT2D eigenvalue weighted by atomic mass is 16.3. The van der Waals surface area contributed by atoms with Gasteiger partial charge in [0.25, 0.3) is 0 Å². The predicted octanol–water partition coefficient (Wildman–Crippen LogP) is 4.91. The van der Waals surface area contributed by atoms with Crippen molar-refractivity contribution in [1.82, 2.24) is 0 Å². The van der Waals surface area contributed by atoms with E-state index in [4.69, 9.17) is 0 Å². The smallest absolute Gasteiger partial charge is 0.0963 e. The normalized spacial score (nSPS) is 27.2. The van der Waals surface area contributed by atoms with E-state index in [1.165, 1.54) is 62.5 Å². The SMILES string of the molecule is CCCCCC=C1CCC(=C2CCCCC2)C1O. The summed E-state index contributed by atoms with van der Waals surface area (Å²) in [7, 11) is 0. The fourth-order valence-corrected chi connectivity index (χ4v) is 3.34. The second-order valence-corrected chi connectivity index (χ2v) is 5.87. The van der Waals surface area contributed by atoms with Crippen LogP contribution in [0.25, 0.3) is 0 Å². The molecule has 2 rings (SSSR count). The molecule has 102 valence electrons.